The Kier molecular flexibility index (Phi) is 6.50. The fourth-order valence-corrected chi connectivity index (χ4v) is 1.87. The monoisotopic (exact) mass is 250 g/mol. The molecule has 0 unspecified atom stereocenters. The zero-order valence-corrected chi connectivity index (χ0v) is 11.1. The molecule has 0 radical (unpaired) electrons. The SMILES string of the molecule is CCCCCCCNc1cc(C#N)ccc1Cl. The Morgan fingerprint density at radius 3 is 2.71 bits per heavy atom. The smallest absolute Gasteiger partial charge is 0.0992 e. The van der Waals surface area contributed by atoms with Crippen LogP contribution in [0.15, 0.2) is 18.2 Å². The molecule has 0 aliphatic heterocycles. The molecule has 0 bridgehead atoms. The Morgan fingerprint density at radius 1 is 1.24 bits per heavy atom. The van der Waals surface area contributed by atoms with Crippen molar-refractivity contribution < 1.29 is 0 Å². The standard InChI is InChI=1S/C14H19ClN2/c1-2-3-4-5-6-9-17-14-10-12(11-16)7-8-13(14)15/h7-8,10,17H,2-6,9H2,1H3. The highest BCUT2D eigenvalue weighted by Gasteiger charge is 2.00. The Balaban J connectivity index is 2.33. The quantitative estimate of drug-likeness (QED) is 0.719. The number of halogens is 1. The minimum absolute atomic E-state index is 0.642. The van der Waals surface area contributed by atoms with E-state index in [2.05, 4.69) is 18.3 Å². The van der Waals surface area contributed by atoms with Gasteiger partial charge >= 0.3 is 0 Å². The van der Waals surface area contributed by atoms with E-state index in [0.717, 1.165) is 18.7 Å². The van der Waals surface area contributed by atoms with Gasteiger partial charge in [-0.1, -0.05) is 44.2 Å². The summed E-state index contributed by atoms with van der Waals surface area (Å²) < 4.78 is 0. The summed E-state index contributed by atoms with van der Waals surface area (Å²) in [7, 11) is 0. The minimum atomic E-state index is 0.642. The zero-order valence-electron chi connectivity index (χ0n) is 10.3. The van der Waals surface area contributed by atoms with E-state index in [9.17, 15) is 0 Å². The molecule has 3 heteroatoms. The molecule has 92 valence electrons. The summed E-state index contributed by atoms with van der Waals surface area (Å²) in [6, 6.07) is 7.41. The first-order chi connectivity index (χ1) is 8.27. The summed E-state index contributed by atoms with van der Waals surface area (Å²) in [6.45, 7) is 3.13. The Hall–Kier alpha value is -1.20. The normalized spacial score (nSPS) is 9.94. The predicted octanol–water partition coefficient (Wildman–Crippen LogP) is 4.59. The maximum absolute atomic E-state index is 8.80. The first-order valence-corrected chi connectivity index (χ1v) is 6.59. The second-order valence-electron chi connectivity index (χ2n) is 4.15. The van der Waals surface area contributed by atoms with Crippen molar-refractivity contribution in [3.8, 4) is 6.07 Å². The molecule has 0 saturated heterocycles. The zero-order chi connectivity index (χ0) is 12.5. The number of unbranched alkanes of at least 4 members (excludes halogenated alkanes) is 4. The van der Waals surface area contributed by atoms with Crippen molar-refractivity contribution >= 4 is 17.3 Å². The number of benzene rings is 1. The number of nitrogens with zero attached hydrogens (tertiary/aromatic N) is 1. The molecular formula is C14H19ClN2. The third-order valence-corrected chi connectivity index (χ3v) is 3.02. The van der Waals surface area contributed by atoms with Crippen LogP contribution in [0.5, 0.6) is 0 Å². The van der Waals surface area contributed by atoms with Crippen molar-refractivity contribution in [2.24, 2.45) is 0 Å². The number of anilines is 1. The summed E-state index contributed by atoms with van der Waals surface area (Å²) in [6.07, 6.45) is 6.27. The molecule has 0 aliphatic carbocycles. The maximum Gasteiger partial charge on any atom is 0.0992 e. The van der Waals surface area contributed by atoms with Crippen molar-refractivity contribution in [1.29, 1.82) is 5.26 Å². The molecule has 0 spiro atoms. The van der Waals surface area contributed by atoms with Crippen LogP contribution in [-0.4, -0.2) is 6.54 Å². The van der Waals surface area contributed by atoms with Crippen LogP contribution in [0.25, 0.3) is 0 Å². The number of rotatable bonds is 7. The van der Waals surface area contributed by atoms with E-state index in [1.165, 1.54) is 25.7 Å². The molecule has 17 heavy (non-hydrogen) atoms. The van der Waals surface area contributed by atoms with E-state index < -0.39 is 0 Å². The number of nitriles is 1. The topological polar surface area (TPSA) is 35.8 Å². The van der Waals surface area contributed by atoms with Gasteiger partial charge in [-0.15, -0.1) is 0 Å². The molecule has 0 aromatic heterocycles. The van der Waals surface area contributed by atoms with Gasteiger partial charge in [0.1, 0.15) is 0 Å². The van der Waals surface area contributed by atoms with Crippen molar-refractivity contribution in [2.75, 3.05) is 11.9 Å². The molecule has 1 N–H and O–H groups in total. The molecule has 0 saturated carbocycles. The molecule has 0 fully saturated rings. The average Bonchev–Trinajstić information content (AvgIpc) is 2.35. The van der Waals surface area contributed by atoms with Crippen LogP contribution in [0.4, 0.5) is 5.69 Å². The number of hydrogen-bond donors (Lipinski definition) is 1. The van der Waals surface area contributed by atoms with Crippen LogP contribution in [0.3, 0.4) is 0 Å². The molecule has 0 atom stereocenters. The second-order valence-corrected chi connectivity index (χ2v) is 4.55. The summed E-state index contributed by atoms with van der Waals surface area (Å²) in [4.78, 5) is 0. The van der Waals surface area contributed by atoms with E-state index in [0.29, 0.717) is 10.6 Å². The van der Waals surface area contributed by atoms with Crippen LogP contribution >= 0.6 is 11.6 Å². The van der Waals surface area contributed by atoms with Crippen LogP contribution in [0, 0.1) is 11.3 Å². The molecule has 0 heterocycles. The summed E-state index contributed by atoms with van der Waals surface area (Å²) >= 11 is 6.04. The molecule has 1 aromatic rings. The highest BCUT2D eigenvalue weighted by atomic mass is 35.5. The van der Waals surface area contributed by atoms with E-state index in [1.54, 1.807) is 18.2 Å². The van der Waals surface area contributed by atoms with Gasteiger partial charge in [-0.25, -0.2) is 0 Å². The first-order valence-electron chi connectivity index (χ1n) is 6.21. The van der Waals surface area contributed by atoms with Crippen LogP contribution in [-0.2, 0) is 0 Å². The minimum Gasteiger partial charge on any atom is -0.384 e. The maximum atomic E-state index is 8.80. The van der Waals surface area contributed by atoms with E-state index in [-0.39, 0.29) is 0 Å². The highest BCUT2D eigenvalue weighted by molar-refractivity contribution is 6.33. The number of nitrogens with one attached hydrogen (secondary N) is 1. The summed E-state index contributed by atoms with van der Waals surface area (Å²) in [5.74, 6) is 0. The van der Waals surface area contributed by atoms with E-state index >= 15 is 0 Å². The lowest BCUT2D eigenvalue weighted by Gasteiger charge is -2.08. The van der Waals surface area contributed by atoms with Gasteiger partial charge < -0.3 is 5.32 Å². The predicted molar refractivity (Wildman–Crippen MR) is 73.4 cm³/mol. The van der Waals surface area contributed by atoms with Gasteiger partial charge in [0.05, 0.1) is 22.3 Å². The van der Waals surface area contributed by atoms with Crippen LogP contribution in [0.2, 0.25) is 5.02 Å². The first kappa shape index (κ1) is 13.9. The second kappa shape index (κ2) is 7.97. The van der Waals surface area contributed by atoms with Gasteiger partial charge in [0.2, 0.25) is 0 Å². The van der Waals surface area contributed by atoms with Gasteiger partial charge in [-0.2, -0.15) is 5.26 Å². The van der Waals surface area contributed by atoms with E-state index in [1.807, 2.05) is 0 Å². The lowest BCUT2D eigenvalue weighted by molar-refractivity contribution is 0.645. The van der Waals surface area contributed by atoms with E-state index in [4.69, 9.17) is 16.9 Å². The lowest BCUT2D eigenvalue weighted by Crippen LogP contribution is -2.02. The molecular weight excluding hydrogens is 232 g/mol. The number of hydrogen-bond acceptors (Lipinski definition) is 2. The molecule has 1 aromatic carbocycles. The van der Waals surface area contributed by atoms with Gasteiger partial charge in [-0.05, 0) is 24.6 Å². The van der Waals surface area contributed by atoms with Gasteiger partial charge in [0.25, 0.3) is 0 Å². The fraction of sp³-hybridized carbons (Fsp3) is 0.500. The molecule has 0 amide bonds. The average molecular weight is 251 g/mol. The van der Waals surface area contributed by atoms with Gasteiger partial charge in [0, 0.05) is 6.54 Å². The van der Waals surface area contributed by atoms with Crippen LogP contribution < -0.4 is 5.32 Å². The Morgan fingerprint density at radius 2 is 2.00 bits per heavy atom. The summed E-state index contributed by atoms with van der Waals surface area (Å²) in [5.41, 5.74) is 1.50. The lowest BCUT2D eigenvalue weighted by atomic mass is 10.1. The third-order valence-electron chi connectivity index (χ3n) is 2.69. The van der Waals surface area contributed by atoms with Crippen LogP contribution in [0.1, 0.15) is 44.6 Å². The van der Waals surface area contributed by atoms with Crippen molar-refractivity contribution in [3.63, 3.8) is 0 Å². The van der Waals surface area contributed by atoms with Crippen molar-refractivity contribution in [1.82, 2.24) is 0 Å². The largest absolute Gasteiger partial charge is 0.384 e. The van der Waals surface area contributed by atoms with Gasteiger partial charge in [-0.3, -0.25) is 0 Å². The Bertz CT molecular complexity index is 382. The third kappa shape index (κ3) is 5.10. The highest BCUT2D eigenvalue weighted by Crippen LogP contribution is 2.22. The molecule has 2 nitrogen and oxygen atoms in total. The fourth-order valence-electron chi connectivity index (χ4n) is 1.68. The Labute approximate surface area is 109 Å². The van der Waals surface area contributed by atoms with Crippen molar-refractivity contribution in [3.05, 3.63) is 28.8 Å². The summed E-state index contributed by atoms with van der Waals surface area (Å²) in [5, 5.41) is 12.8. The van der Waals surface area contributed by atoms with Crippen molar-refractivity contribution in [2.45, 2.75) is 39.0 Å². The van der Waals surface area contributed by atoms with Gasteiger partial charge in [0.15, 0.2) is 0 Å². The molecule has 1 rings (SSSR count). The molecule has 0 aliphatic rings.